The van der Waals surface area contributed by atoms with Crippen molar-refractivity contribution >= 4 is 46.4 Å². The van der Waals surface area contributed by atoms with E-state index in [1.807, 2.05) is 18.2 Å². The number of halogens is 1. The van der Waals surface area contributed by atoms with Crippen LogP contribution in [0.25, 0.3) is 0 Å². The highest BCUT2D eigenvalue weighted by Crippen LogP contribution is 2.30. The molecule has 1 N–H and O–H groups in total. The Morgan fingerprint density at radius 2 is 1.81 bits per heavy atom. The van der Waals surface area contributed by atoms with E-state index in [1.165, 1.54) is 5.01 Å². The Labute approximate surface area is 213 Å². The molecule has 1 saturated heterocycles. The number of anilines is 2. The van der Waals surface area contributed by atoms with Crippen LogP contribution in [0.1, 0.15) is 16.8 Å². The van der Waals surface area contributed by atoms with Crippen molar-refractivity contribution in [2.75, 3.05) is 30.0 Å². The molecule has 5 rings (SSSR count). The molecule has 0 spiro atoms. The zero-order valence-electron chi connectivity index (χ0n) is 19.3. The fraction of sp³-hybridized carbons (Fsp3) is 0.185. The zero-order valence-corrected chi connectivity index (χ0v) is 20.0. The quantitative estimate of drug-likeness (QED) is 0.546. The van der Waals surface area contributed by atoms with Crippen molar-refractivity contribution in [3.8, 4) is 5.75 Å². The van der Waals surface area contributed by atoms with Crippen LogP contribution in [0.4, 0.5) is 11.4 Å². The Kier molecular flexibility index (Phi) is 6.69. The molecule has 2 aliphatic rings. The first-order chi connectivity index (χ1) is 17.5. The number of hydrogen-bond donors (Lipinski definition) is 1. The number of rotatable bonds is 6. The minimum atomic E-state index is -0.475. The summed E-state index contributed by atoms with van der Waals surface area (Å²) in [7, 11) is 0. The highest BCUT2D eigenvalue weighted by Gasteiger charge is 2.41. The van der Waals surface area contributed by atoms with Crippen molar-refractivity contribution in [2.45, 2.75) is 6.42 Å². The molecule has 0 bridgehead atoms. The van der Waals surface area contributed by atoms with Crippen LogP contribution in [0, 0.1) is 5.92 Å². The van der Waals surface area contributed by atoms with Gasteiger partial charge in [-0.15, -0.1) is 0 Å². The van der Waals surface area contributed by atoms with E-state index < -0.39 is 5.92 Å². The molecule has 8 nitrogen and oxygen atoms in total. The number of carbonyl (C=O) groups excluding carboxylic acids is 3. The number of nitrogens with one attached hydrogen (secondary N) is 1. The molecule has 3 aromatic carbocycles. The van der Waals surface area contributed by atoms with Crippen LogP contribution in [0.15, 0.2) is 84.0 Å². The fourth-order valence-corrected chi connectivity index (χ4v) is 4.36. The summed E-state index contributed by atoms with van der Waals surface area (Å²) in [4.78, 5) is 40.1. The van der Waals surface area contributed by atoms with Gasteiger partial charge in [0.1, 0.15) is 5.75 Å². The first-order valence-electron chi connectivity index (χ1n) is 11.5. The number of nitrogens with zero attached hydrogens (tertiary/aromatic N) is 3. The predicted octanol–water partition coefficient (Wildman–Crippen LogP) is 4.22. The minimum Gasteiger partial charge on any atom is -0.484 e. The van der Waals surface area contributed by atoms with E-state index in [0.717, 1.165) is 5.71 Å². The average Bonchev–Trinajstić information content (AvgIpc) is 3.24. The standard InChI is InChI=1S/C27H23ClN4O4/c28-19-9-11-22(12-10-19)36-17-25(33)29-20-7-4-8-21(15-20)32-27(35)23-16-31(14-13-24(23)30-32)26(34)18-5-2-1-3-6-18/h1-12,15,23H,13-14,16-17H2,(H,29,33). The summed E-state index contributed by atoms with van der Waals surface area (Å²) in [6.07, 6.45) is 0.532. The zero-order chi connectivity index (χ0) is 25.1. The number of piperidine rings is 1. The molecule has 0 radical (unpaired) electrons. The molecule has 3 aromatic rings. The van der Waals surface area contributed by atoms with Crippen LogP contribution < -0.4 is 15.1 Å². The molecule has 2 heterocycles. The summed E-state index contributed by atoms with van der Waals surface area (Å²) in [5.41, 5.74) is 2.42. The van der Waals surface area contributed by atoms with Crippen LogP contribution in [0.2, 0.25) is 5.02 Å². The van der Waals surface area contributed by atoms with Gasteiger partial charge in [-0.2, -0.15) is 5.10 Å². The van der Waals surface area contributed by atoms with Crippen LogP contribution in [0.3, 0.4) is 0 Å². The van der Waals surface area contributed by atoms with Gasteiger partial charge in [0.05, 0.1) is 17.3 Å². The lowest BCUT2D eigenvalue weighted by Crippen LogP contribution is -2.46. The maximum absolute atomic E-state index is 13.2. The predicted molar refractivity (Wildman–Crippen MR) is 137 cm³/mol. The van der Waals surface area contributed by atoms with E-state index in [1.54, 1.807) is 65.6 Å². The maximum Gasteiger partial charge on any atom is 0.262 e. The van der Waals surface area contributed by atoms with Gasteiger partial charge in [-0.1, -0.05) is 35.9 Å². The molecule has 36 heavy (non-hydrogen) atoms. The van der Waals surface area contributed by atoms with Gasteiger partial charge in [-0.25, -0.2) is 5.01 Å². The number of hydrazone groups is 1. The molecule has 2 aliphatic heterocycles. The van der Waals surface area contributed by atoms with Gasteiger partial charge in [-0.05, 0) is 54.6 Å². The molecule has 1 unspecified atom stereocenters. The molecule has 1 fully saturated rings. The second-order valence-electron chi connectivity index (χ2n) is 8.50. The van der Waals surface area contributed by atoms with Gasteiger partial charge in [0.2, 0.25) is 0 Å². The molecule has 0 saturated carbocycles. The third-order valence-electron chi connectivity index (χ3n) is 6.04. The van der Waals surface area contributed by atoms with Crippen molar-refractivity contribution in [3.63, 3.8) is 0 Å². The van der Waals surface area contributed by atoms with E-state index in [9.17, 15) is 14.4 Å². The Bertz CT molecular complexity index is 1330. The normalized spacial score (nSPS) is 16.9. The van der Waals surface area contributed by atoms with Crippen molar-refractivity contribution < 1.29 is 19.1 Å². The third kappa shape index (κ3) is 5.08. The Balaban J connectivity index is 1.22. The molecular formula is C27H23ClN4O4. The Morgan fingerprint density at radius 1 is 1.03 bits per heavy atom. The van der Waals surface area contributed by atoms with Crippen LogP contribution in [-0.4, -0.2) is 48.0 Å². The number of amides is 3. The topological polar surface area (TPSA) is 91.3 Å². The summed E-state index contributed by atoms with van der Waals surface area (Å²) in [5, 5.41) is 9.26. The number of ether oxygens (including phenoxy) is 1. The molecule has 0 aliphatic carbocycles. The highest BCUT2D eigenvalue weighted by molar-refractivity contribution is 6.30. The summed E-state index contributed by atoms with van der Waals surface area (Å²) < 4.78 is 5.48. The second-order valence-corrected chi connectivity index (χ2v) is 8.94. The van der Waals surface area contributed by atoms with Gasteiger partial charge in [-0.3, -0.25) is 14.4 Å². The van der Waals surface area contributed by atoms with Crippen molar-refractivity contribution in [3.05, 3.63) is 89.4 Å². The van der Waals surface area contributed by atoms with Crippen molar-refractivity contribution in [1.82, 2.24) is 4.90 Å². The van der Waals surface area contributed by atoms with Gasteiger partial charge >= 0.3 is 0 Å². The van der Waals surface area contributed by atoms with Gasteiger partial charge in [0.15, 0.2) is 6.61 Å². The number of likely N-dealkylation sites (tertiary alicyclic amines) is 1. The lowest BCUT2D eigenvalue weighted by molar-refractivity contribution is -0.120. The Morgan fingerprint density at radius 3 is 2.58 bits per heavy atom. The highest BCUT2D eigenvalue weighted by atomic mass is 35.5. The molecular weight excluding hydrogens is 480 g/mol. The molecule has 1 atom stereocenters. The maximum atomic E-state index is 13.2. The smallest absolute Gasteiger partial charge is 0.262 e. The van der Waals surface area contributed by atoms with E-state index in [-0.39, 0.29) is 24.3 Å². The van der Waals surface area contributed by atoms with E-state index in [0.29, 0.717) is 47.2 Å². The number of benzene rings is 3. The summed E-state index contributed by atoms with van der Waals surface area (Å²) in [6, 6.07) is 22.7. The SMILES string of the molecule is O=C(COc1ccc(Cl)cc1)Nc1cccc(N2N=C3CCN(C(=O)c4ccccc4)CC3C2=O)c1. The summed E-state index contributed by atoms with van der Waals surface area (Å²) in [5.74, 6) is -0.567. The van der Waals surface area contributed by atoms with Crippen molar-refractivity contribution in [1.29, 1.82) is 0 Å². The van der Waals surface area contributed by atoms with Crippen molar-refractivity contribution in [2.24, 2.45) is 11.0 Å². The van der Waals surface area contributed by atoms with Crippen LogP contribution >= 0.6 is 11.6 Å². The number of carbonyl (C=O) groups is 3. The van der Waals surface area contributed by atoms with Gasteiger partial charge in [0, 0.05) is 35.8 Å². The molecule has 182 valence electrons. The number of hydrogen-bond acceptors (Lipinski definition) is 5. The third-order valence-corrected chi connectivity index (χ3v) is 6.30. The Hall–Kier alpha value is -4.17. The lowest BCUT2D eigenvalue weighted by atomic mass is 9.95. The first kappa shape index (κ1) is 23.6. The second kappa shape index (κ2) is 10.2. The largest absolute Gasteiger partial charge is 0.484 e. The molecule has 0 aromatic heterocycles. The molecule has 3 amide bonds. The minimum absolute atomic E-state index is 0.0913. The first-order valence-corrected chi connectivity index (χ1v) is 11.9. The summed E-state index contributed by atoms with van der Waals surface area (Å²) in [6.45, 7) is 0.623. The van der Waals surface area contributed by atoms with E-state index in [4.69, 9.17) is 16.3 Å². The summed E-state index contributed by atoms with van der Waals surface area (Å²) >= 11 is 5.86. The monoisotopic (exact) mass is 502 g/mol. The van der Waals surface area contributed by atoms with Gasteiger partial charge in [0.25, 0.3) is 17.7 Å². The van der Waals surface area contributed by atoms with Crippen LogP contribution in [-0.2, 0) is 9.59 Å². The van der Waals surface area contributed by atoms with E-state index in [2.05, 4.69) is 10.4 Å². The van der Waals surface area contributed by atoms with Gasteiger partial charge < -0.3 is 15.0 Å². The fourth-order valence-electron chi connectivity index (χ4n) is 4.23. The lowest BCUT2D eigenvalue weighted by Gasteiger charge is -2.30. The van der Waals surface area contributed by atoms with Crippen LogP contribution in [0.5, 0.6) is 5.75 Å². The van der Waals surface area contributed by atoms with E-state index >= 15 is 0 Å². The average molecular weight is 503 g/mol. The number of fused-ring (bicyclic) bond motifs is 1. The molecule has 9 heteroatoms.